The molecule has 0 bridgehead atoms. The molecule has 2 unspecified atom stereocenters. The smallest absolute Gasteiger partial charge is 0.249 e. The van der Waals surface area contributed by atoms with Gasteiger partial charge >= 0.3 is 0 Å². The second-order valence-electron chi connectivity index (χ2n) is 34.8. The van der Waals surface area contributed by atoms with Crippen molar-refractivity contribution in [2.24, 2.45) is 14.1 Å². The minimum absolute atomic E-state index is 0.223. The summed E-state index contributed by atoms with van der Waals surface area (Å²) < 4.78 is 4.31. The van der Waals surface area contributed by atoms with Crippen LogP contribution >= 0.6 is 0 Å². The van der Waals surface area contributed by atoms with Gasteiger partial charge in [0.05, 0.1) is 105 Å². The molecule has 40 radical (unpaired) electrons. The van der Waals surface area contributed by atoms with Gasteiger partial charge in [0.2, 0.25) is 26.7 Å². The van der Waals surface area contributed by atoms with E-state index in [1.165, 1.54) is 90.1 Å². The monoisotopic (exact) mass is 1490 g/mol. The second kappa shape index (κ2) is 38.8. The van der Waals surface area contributed by atoms with Crippen molar-refractivity contribution in [1.29, 1.82) is 0 Å². The van der Waals surface area contributed by atoms with E-state index >= 15 is 0 Å². The number of pyridine rings is 2. The summed E-state index contributed by atoms with van der Waals surface area (Å²) in [5.74, 6) is 1.20. The number of hydrogen-bond donors (Lipinski definition) is 0. The zero-order chi connectivity index (χ0) is 87.6. The first-order chi connectivity index (χ1) is 56.0. The molecule has 9 aliphatic rings. The highest BCUT2D eigenvalue weighted by atomic mass is 15.4. The maximum Gasteiger partial charge on any atom is 0.249 e. The number of rotatable bonds is 19. The Kier molecular flexibility index (Phi) is 30.9. The van der Waals surface area contributed by atoms with Crippen LogP contribution in [0.4, 0.5) is 34.1 Å². The molecule has 0 N–H and O–H groups in total. The largest absolute Gasteiger partial charge is 0.404 e. The normalized spacial score (nSPS) is 20.9. The van der Waals surface area contributed by atoms with E-state index in [0.29, 0.717) is 63.5 Å². The fraction of sp³-hybridized carbons (Fsp3) is 0.353. The summed E-state index contributed by atoms with van der Waals surface area (Å²) in [4.78, 5) is 19.3. The third-order valence-corrected chi connectivity index (χ3v) is 27.4. The van der Waals surface area contributed by atoms with Gasteiger partial charge in [0, 0.05) is 250 Å². The molecule has 119 heavy (non-hydrogen) atoms. The predicted molar refractivity (Wildman–Crippen MR) is 564 cm³/mol. The molecule has 4 aromatic carbocycles. The third-order valence-electron chi connectivity index (χ3n) is 27.4. The van der Waals surface area contributed by atoms with Crippen molar-refractivity contribution in [3.63, 3.8) is 0 Å². The Morgan fingerprint density at radius 1 is 0.370 bits per heavy atom. The van der Waals surface area contributed by atoms with Crippen LogP contribution in [0.3, 0.4) is 0 Å². The Balaban J connectivity index is 0.000000146. The number of aryl methyl sites for hydroxylation is 4. The molecule has 0 aliphatic carbocycles. The SMILES string of the molecule is CB1C(N2c3ccccc3N(C)[C@H]2C)CC1N1c2ccccc2N(C)[C@@H]1C.[B]B([B])B([B])/C(B([B])[B])=C1/B(C)B1N1C=CN(C)[C@@H]1C.[B]B([B])B([B])/C(B([B])[B])=C1/B(C)B1N1c2ccccc2N(C)[C@@H]1C.[B]B([B])B([B])/C(B([B])[B])=C1/B(C)B1c1cc(C)c(C)c[n+]1C.[B]B([B])B([B])/C(B([B])[B])=C1/B(C)B1c1ccc(-c2ccccc2)c[n+]1C. The van der Waals surface area contributed by atoms with Crippen molar-refractivity contribution in [1.82, 2.24) is 9.71 Å². The lowest BCUT2D eigenvalue weighted by Crippen LogP contribution is -2.70. The van der Waals surface area contributed by atoms with Gasteiger partial charge in [-0.2, -0.15) is 32.2 Å². The van der Waals surface area contributed by atoms with Crippen molar-refractivity contribution < 1.29 is 9.13 Å². The number of nitrogens with zero attached hydrogens (tertiary/aromatic N) is 10. The molecule has 5 fully saturated rings. The van der Waals surface area contributed by atoms with E-state index in [2.05, 4.69) is 294 Å². The first kappa shape index (κ1) is 94.6. The van der Waals surface area contributed by atoms with Crippen LogP contribution in [0.25, 0.3) is 11.1 Å². The molecule has 15 rings (SSSR count). The standard InChI is InChI=1S/C22H29BN4.C15H14B10N.C12H14B10N2.C11H14B10N.C8H12B10N2/c1-15-24(4)17-10-6-8-12-19(17)26(15)21-14-22(23(21)3)27-16(2)25(5)18-11-7-9-13-20(18)27;1-21-14(15(23(16)17)24(18)25(19)20)22(21)13-9-8-12(10-26(13)2)11-6-4-3-5-7-11;1-8-23(3)9-6-4-5-7-10(9)24(8)21-11(18(21)2)12(19(13)14)20(15)22(16)17;1-7-5-9(22(4)6-8(7)2)18-10(17(18)3)11(19(12)13)20(14)21(15)16;1-6-19(3)4-5-20(6)17-7(14(17)2)8(15(9)10)16(11)18(12)13/h6-13,15-16,21-22H,14H2,1-5H3;3-10H,1-2H3;4-8H,1-3H3;5-6H,1-4H3;4-6H,1-3H3/q;+1;;+1;/b;15-14-;12-11-;11-10-;8-7-/t15-,16+,21?,22?;;8-;;6-/m..0.0/s1. The van der Waals surface area contributed by atoms with Crippen LogP contribution in [0, 0.1) is 13.8 Å². The molecule has 10 nitrogen and oxygen atoms in total. The van der Waals surface area contributed by atoms with Crippen molar-refractivity contribution in [3.8, 4) is 11.1 Å². The van der Waals surface area contributed by atoms with Crippen LogP contribution in [0.5, 0.6) is 0 Å². The maximum atomic E-state index is 6.19. The number of benzene rings is 4. The van der Waals surface area contributed by atoms with Gasteiger partial charge < -0.3 is 39.0 Å². The van der Waals surface area contributed by atoms with E-state index in [4.69, 9.17) is 155 Å². The van der Waals surface area contributed by atoms with E-state index < -0.39 is 77.5 Å². The van der Waals surface area contributed by atoms with Crippen molar-refractivity contribution in [3.05, 3.63) is 200 Å². The number of anilines is 6. The van der Waals surface area contributed by atoms with E-state index in [-0.39, 0.29) is 32.8 Å². The van der Waals surface area contributed by atoms with Crippen molar-refractivity contribution >= 4 is 337 Å². The molecular formula is C68H83B41N10+2. The molecule has 9 aliphatic heterocycles. The lowest BCUT2D eigenvalue weighted by atomic mass is 8.81. The summed E-state index contributed by atoms with van der Waals surface area (Å²) in [6.45, 7) is 22.7. The van der Waals surface area contributed by atoms with Gasteiger partial charge in [0.25, 0.3) is 0 Å². The number of para-hydroxylation sites is 6. The molecule has 526 valence electrons. The molecule has 0 spiro atoms. The fourth-order valence-electron chi connectivity index (χ4n) is 19.6. The molecule has 51 heteroatoms. The molecule has 6 atom stereocenters. The third kappa shape index (κ3) is 19.1. The highest BCUT2D eigenvalue weighted by Crippen LogP contribution is 2.50. The first-order valence-corrected chi connectivity index (χ1v) is 42.1. The topological polar surface area (TPSA) is 33.7 Å². The molecule has 6 aromatic rings. The quantitative estimate of drug-likeness (QED) is 0.0605. The van der Waals surface area contributed by atoms with Gasteiger partial charge in [-0.1, -0.05) is 101 Å². The first-order valence-electron chi connectivity index (χ1n) is 42.1. The van der Waals surface area contributed by atoms with Crippen molar-refractivity contribution in [2.45, 2.75) is 119 Å². The van der Waals surface area contributed by atoms with E-state index in [1.54, 1.807) is 0 Å². The van der Waals surface area contributed by atoms with Crippen molar-refractivity contribution in [2.75, 3.05) is 57.5 Å². The molecule has 0 amide bonds. The van der Waals surface area contributed by atoms with Crippen LogP contribution in [0.2, 0.25) is 34.1 Å². The fourth-order valence-corrected chi connectivity index (χ4v) is 19.6. The van der Waals surface area contributed by atoms with Crippen LogP contribution in [0.1, 0.15) is 45.2 Å². The zero-order valence-electron chi connectivity index (χ0n) is 73.2. The molecule has 0 saturated carbocycles. The Hall–Kier alpha value is -5.06. The Labute approximate surface area is 751 Å². The summed E-state index contributed by atoms with van der Waals surface area (Å²) >= 11 is 0. The summed E-state index contributed by atoms with van der Waals surface area (Å²) in [5, 5.41) is 7.87. The second-order valence-corrected chi connectivity index (χ2v) is 34.8. The van der Waals surface area contributed by atoms with E-state index in [1.807, 2.05) is 18.2 Å². The number of hydrogen-bond acceptors (Lipinski definition) is 8. The highest BCUT2D eigenvalue weighted by Gasteiger charge is 2.60. The van der Waals surface area contributed by atoms with Crippen LogP contribution < -0.4 is 49.6 Å². The molecule has 2 aromatic heterocycles. The zero-order valence-corrected chi connectivity index (χ0v) is 73.2. The Morgan fingerprint density at radius 3 is 1.13 bits per heavy atom. The van der Waals surface area contributed by atoms with Gasteiger partial charge in [0.1, 0.15) is 38.5 Å². The molecular weight excluding hydrogens is 1400 g/mol. The van der Waals surface area contributed by atoms with Crippen LogP contribution in [0.15, 0.2) is 189 Å². The van der Waals surface area contributed by atoms with E-state index in [9.17, 15) is 0 Å². The lowest BCUT2D eigenvalue weighted by Gasteiger charge is -2.53. The predicted octanol–water partition coefficient (Wildman–Crippen LogP) is -3.80. The summed E-state index contributed by atoms with van der Waals surface area (Å²) in [6, 6.07) is 43.0. The minimum Gasteiger partial charge on any atom is -0.404 e. The number of fused-ring (bicyclic) bond motifs is 3. The van der Waals surface area contributed by atoms with Crippen LogP contribution in [-0.4, -0.2) is 366 Å². The van der Waals surface area contributed by atoms with Gasteiger partial charge in [-0.05, 0) is 114 Å². The maximum absolute atomic E-state index is 6.19. The van der Waals surface area contributed by atoms with Gasteiger partial charge in [-0.15, -0.1) is 10.7 Å². The Bertz CT molecular complexity index is 4690. The minimum atomic E-state index is -0.685. The molecule has 5 saturated heterocycles. The summed E-state index contributed by atoms with van der Waals surface area (Å²) in [6.07, 6.45) is 8.35. The average Bonchev–Trinajstić information content (AvgIpc) is 1.60. The summed E-state index contributed by atoms with van der Waals surface area (Å²) in [7, 11) is 131. The highest BCUT2D eigenvalue weighted by molar-refractivity contribution is 7.74. The Morgan fingerprint density at radius 2 is 0.731 bits per heavy atom. The van der Waals surface area contributed by atoms with Gasteiger partial charge in [0.15, 0.2) is 32.3 Å². The number of aromatic nitrogens is 2. The van der Waals surface area contributed by atoms with Gasteiger partial charge in [-0.3, -0.25) is 0 Å². The molecule has 11 heterocycles. The van der Waals surface area contributed by atoms with E-state index in [0.717, 1.165) is 26.9 Å². The summed E-state index contributed by atoms with van der Waals surface area (Å²) in [5.41, 5.74) is 15.3. The lowest BCUT2D eigenvalue weighted by molar-refractivity contribution is -0.654. The average molecular weight is 1480 g/mol. The van der Waals surface area contributed by atoms with Crippen LogP contribution in [-0.2, 0) is 14.1 Å². The van der Waals surface area contributed by atoms with Gasteiger partial charge in [-0.25, -0.2) is 9.13 Å².